The van der Waals surface area contributed by atoms with Gasteiger partial charge in [-0.25, -0.2) is 4.39 Å². The van der Waals surface area contributed by atoms with Crippen LogP contribution in [-0.4, -0.2) is 12.7 Å². The van der Waals surface area contributed by atoms with Crippen molar-refractivity contribution in [1.82, 2.24) is 0 Å². The minimum absolute atomic E-state index is 0.0283. The highest BCUT2D eigenvalue weighted by atomic mass is 19.3. The molecule has 0 aliphatic rings. The van der Waals surface area contributed by atoms with Gasteiger partial charge in [0.05, 0.1) is 13.0 Å². The number of hydrogen-bond donors (Lipinski definition) is 0. The van der Waals surface area contributed by atoms with Crippen LogP contribution in [0.3, 0.4) is 0 Å². The summed E-state index contributed by atoms with van der Waals surface area (Å²) in [4.78, 5) is 0. The number of halogens is 4. The molecule has 2 nitrogen and oxygen atoms in total. The van der Waals surface area contributed by atoms with Gasteiger partial charge in [-0.05, 0) is 49.1 Å². The van der Waals surface area contributed by atoms with E-state index in [1.807, 2.05) is 6.92 Å². The number of ether oxygens (including phenoxy) is 2. The molecule has 0 radical (unpaired) electrons. The Morgan fingerprint density at radius 2 is 1.60 bits per heavy atom. The third-order valence-corrected chi connectivity index (χ3v) is 3.71. The van der Waals surface area contributed by atoms with Crippen LogP contribution in [0.1, 0.15) is 31.4 Å². The molecule has 0 bridgehead atoms. The maximum atomic E-state index is 13.9. The second kappa shape index (κ2) is 8.23. The van der Waals surface area contributed by atoms with Gasteiger partial charge < -0.3 is 9.47 Å². The Morgan fingerprint density at radius 1 is 0.920 bits per heavy atom. The smallest absolute Gasteiger partial charge is 0.398 e. The van der Waals surface area contributed by atoms with Crippen molar-refractivity contribution in [2.75, 3.05) is 6.61 Å². The zero-order valence-electron chi connectivity index (χ0n) is 14.1. The van der Waals surface area contributed by atoms with E-state index in [1.165, 1.54) is 24.3 Å². The molecule has 2 rings (SSSR count). The summed E-state index contributed by atoms with van der Waals surface area (Å²) in [5.74, 6) is -2.55. The van der Waals surface area contributed by atoms with Crippen molar-refractivity contribution in [3.8, 4) is 11.5 Å². The molecule has 0 atom stereocenters. The molecule has 2 aromatic carbocycles. The molecule has 6 heteroatoms. The molecule has 136 valence electrons. The molecule has 0 N–H and O–H groups in total. The molecule has 25 heavy (non-hydrogen) atoms. The van der Waals surface area contributed by atoms with E-state index in [4.69, 9.17) is 4.74 Å². The second-order valence-corrected chi connectivity index (χ2v) is 5.52. The molecule has 0 aliphatic heterocycles. The lowest BCUT2D eigenvalue weighted by atomic mass is 10.1. The Kier molecular flexibility index (Phi) is 6.28. The number of aryl methyl sites for hydroxylation is 2. The van der Waals surface area contributed by atoms with Crippen LogP contribution >= 0.6 is 0 Å². The first-order valence-corrected chi connectivity index (χ1v) is 8.11. The van der Waals surface area contributed by atoms with Crippen LogP contribution in [-0.2, 0) is 12.8 Å². The van der Waals surface area contributed by atoms with Crippen molar-refractivity contribution in [3.05, 3.63) is 59.2 Å². The van der Waals surface area contributed by atoms with E-state index in [0.29, 0.717) is 0 Å². The number of alkyl halides is 2. The normalized spacial score (nSPS) is 11.4. The van der Waals surface area contributed by atoms with Crippen LogP contribution in [0.25, 0.3) is 0 Å². The lowest BCUT2D eigenvalue weighted by Crippen LogP contribution is -2.25. The summed E-state index contributed by atoms with van der Waals surface area (Å²) in [5.41, 5.74) is 0.855. The SMILES string of the molecule is CCOc1ccc(CCC(F)(F)Oc2ccc(CC)cc2)c(F)c1F. The van der Waals surface area contributed by atoms with Crippen LogP contribution in [0.4, 0.5) is 17.6 Å². The Labute approximate surface area is 144 Å². The monoisotopic (exact) mass is 356 g/mol. The van der Waals surface area contributed by atoms with Crippen molar-refractivity contribution < 1.29 is 27.0 Å². The largest absolute Gasteiger partial charge is 0.491 e. The quantitative estimate of drug-likeness (QED) is 0.579. The van der Waals surface area contributed by atoms with Gasteiger partial charge >= 0.3 is 6.11 Å². The summed E-state index contributed by atoms with van der Waals surface area (Å²) >= 11 is 0. The van der Waals surface area contributed by atoms with Gasteiger partial charge in [-0.15, -0.1) is 0 Å². The van der Waals surface area contributed by atoms with Gasteiger partial charge in [0, 0.05) is 0 Å². The zero-order chi connectivity index (χ0) is 18.4. The number of benzene rings is 2. The summed E-state index contributed by atoms with van der Waals surface area (Å²) in [7, 11) is 0. The number of hydrogen-bond acceptors (Lipinski definition) is 2. The molecule has 0 saturated carbocycles. The van der Waals surface area contributed by atoms with E-state index in [1.54, 1.807) is 19.1 Å². The van der Waals surface area contributed by atoms with Gasteiger partial charge in [0.25, 0.3) is 0 Å². The van der Waals surface area contributed by atoms with Crippen LogP contribution in [0, 0.1) is 11.6 Å². The Balaban J connectivity index is 2.02. The van der Waals surface area contributed by atoms with E-state index in [0.717, 1.165) is 12.0 Å². The van der Waals surface area contributed by atoms with Gasteiger partial charge in [0.15, 0.2) is 11.6 Å². The predicted molar refractivity (Wildman–Crippen MR) is 87.2 cm³/mol. The third kappa shape index (κ3) is 5.11. The lowest BCUT2D eigenvalue weighted by Gasteiger charge is -2.18. The van der Waals surface area contributed by atoms with Gasteiger partial charge in [-0.1, -0.05) is 25.1 Å². The Hall–Kier alpha value is -2.24. The van der Waals surface area contributed by atoms with Gasteiger partial charge in [0.2, 0.25) is 5.82 Å². The fraction of sp³-hybridized carbons (Fsp3) is 0.368. The van der Waals surface area contributed by atoms with Crippen molar-refractivity contribution in [1.29, 1.82) is 0 Å². The molecule has 0 aromatic heterocycles. The van der Waals surface area contributed by atoms with Gasteiger partial charge in [-0.3, -0.25) is 0 Å². The zero-order valence-corrected chi connectivity index (χ0v) is 14.1. The number of rotatable bonds is 8. The highest BCUT2D eigenvalue weighted by Crippen LogP contribution is 2.29. The molecule has 0 heterocycles. The standard InChI is InChI=1S/C19H20F4O2/c1-3-13-5-8-15(9-6-13)25-19(22,23)12-11-14-7-10-16(24-4-2)18(21)17(14)20/h5-10H,3-4,11-12H2,1-2H3. The van der Waals surface area contributed by atoms with E-state index < -0.39 is 24.2 Å². The van der Waals surface area contributed by atoms with Crippen molar-refractivity contribution in [2.24, 2.45) is 0 Å². The first kappa shape index (κ1) is 19.1. The summed E-state index contributed by atoms with van der Waals surface area (Å²) in [6, 6.07) is 8.81. The fourth-order valence-corrected chi connectivity index (χ4v) is 2.33. The van der Waals surface area contributed by atoms with E-state index in [-0.39, 0.29) is 30.1 Å². The fourth-order valence-electron chi connectivity index (χ4n) is 2.33. The molecule has 0 fully saturated rings. The summed E-state index contributed by atoms with van der Waals surface area (Å²) in [5, 5.41) is 0. The first-order valence-electron chi connectivity index (χ1n) is 8.11. The van der Waals surface area contributed by atoms with Gasteiger partial charge in [-0.2, -0.15) is 13.2 Å². The molecular formula is C19H20F4O2. The van der Waals surface area contributed by atoms with Crippen LogP contribution < -0.4 is 9.47 Å². The van der Waals surface area contributed by atoms with E-state index in [9.17, 15) is 17.6 Å². The molecule has 0 aliphatic carbocycles. The predicted octanol–water partition coefficient (Wildman–Crippen LogP) is 5.53. The van der Waals surface area contributed by atoms with Crippen LogP contribution in [0.15, 0.2) is 36.4 Å². The highest BCUT2D eigenvalue weighted by Gasteiger charge is 2.32. The van der Waals surface area contributed by atoms with E-state index in [2.05, 4.69) is 4.74 Å². The summed E-state index contributed by atoms with van der Waals surface area (Å²) < 4.78 is 65.2. The average Bonchev–Trinajstić information content (AvgIpc) is 2.59. The molecule has 2 aromatic rings. The average molecular weight is 356 g/mol. The maximum Gasteiger partial charge on any atom is 0.398 e. The maximum absolute atomic E-state index is 13.9. The lowest BCUT2D eigenvalue weighted by molar-refractivity contribution is -0.180. The molecule has 0 amide bonds. The summed E-state index contributed by atoms with van der Waals surface area (Å²) in [6.07, 6.45) is -3.84. The first-order chi connectivity index (χ1) is 11.9. The van der Waals surface area contributed by atoms with Gasteiger partial charge in [0.1, 0.15) is 5.75 Å². The molecule has 0 unspecified atom stereocenters. The molecule has 0 spiro atoms. The van der Waals surface area contributed by atoms with Crippen molar-refractivity contribution in [2.45, 2.75) is 39.2 Å². The Morgan fingerprint density at radius 3 is 2.20 bits per heavy atom. The second-order valence-electron chi connectivity index (χ2n) is 5.52. The minimum atomic E-state index is -3.49. The molecule has 0 saturated heterocycles. The van der Waals surface area contributed by atoms with Crippen molar-refractivity contribution >= 4 is 0 Å². The Bertz CT molecular complexity index is 699. The van der Waals surface area contributed by atoms with Crippen LogP contribution in [0.5, 0.6) is 11.5 Å². The minimum Gasteiger partial charge on any atom is -0.491 e. The van der Waals surface area contributed by atoms with E-state index >= 15 is 0 Å². The summed E-state index contributed by atoms with van der Waals surface area (Å²) in [6.45, 7) is 3.77. The highest BCUT2D eigenvalue weighted by molar-refractivity contribution is 5.31. The third-order valence-electron chi connectivity index (χ3n) is 3.71. The topological polar surface area (TPSA) is 18.5 Å². The van der Waals surface area contributed by atoms with Crippen LogP contribution in [0.2, 0.25) is 0 Å². The molecular weight excluding hydrogens is 336 g/mol. The van der Waals surface area contributed by atoms with Crippen molar-refractivity contribution in [3.63, 3.8) is 0 Å².